The first-order chi connectivity index (χ1) is 12.4. The largest absolute Gasteiger partial charge is 0.497 e. The summed E-state index contributed by atoms with van der Waals surface area (Å²) < 4.78 is 36.8. The predicted molar refractivity (Wildman–Crippen MR) is 99.3 cm³/mol. The van der Waals surface area contributed by atoms with Crippen LogP contribution in [-0.4, -0.2) is 35.1 Å². The number of rotatable bonds is 8. The molecule has 0 bridgehead atoms. The van der Waals surface area contributed by atoms with Crippen molar-refractivity contribution in [3.05, 3.63) is 60.7 Å². The lowest BCUT2D eigenvalue weighted by Crippen LogP contribution is -2.23. The Balaban J connectivity index is 2.17. The molecule has 7 nitrogen and oxygen atoms in total. The molecule has 0 aromatic heterocycles. The summed E-state index contributed by atoms with van der Waals surface area (Å²) in [5.74, 6) is 0.656. The molecular formula is C18H20N2O5S. The number of methoxy groups -OCH3 is 2. The van der Waals surface area contributed by atoms with E-state index in [-0.39, 0.29) is 11.4 Å². The van der Waals surface area contributed by atoms with E-state index in [1.165, 1.54) is 44.6 Å². The molecule has 0 atom stereocenters. The molecular weight excluding hydrogens is 356 g/mol. The van der Waals surface area contributed by atoms with Crippen LogP contribution in [-0.2, 0) is 10.0 Å². The van der Waals surface area contributed by atoms with E-state index in [0.29, 0.717) is 22.7 Å². The second-order valence-electron chi connectivity index (χ2n) is 5.19. The summed E-state index contributed by atoms with van der Waals surface area (Å²) in [7, 11) is -0.608. The van der Waals surface area contributed by atoms with Crippen LogP contribution in [0.15, 0.2) is 60.0 Å². The van der Waals surface area contributed by atoms with Gasteiger partial charge in [-0.15, -0.1) is 6.58 Å². The number of carbonyl (C=O) groups is 1. The van der Waals surface area contributed by atoms with Crippen LogP contribution in [0.4, 0.5) is 5.69 Å². The molecule has 2 rings (SSSR count). The highest BCUT2D eigenvalue weighted by Gasteiger charge is 2.15. The van der Waals surface area contributed by atoms with Gasteiger partial charge in [-0.1, -0.05) is 6.08 Å². The Bertz CT molecular complexity index is 892. The molecule has 26 heavy (non-hydrogen) atoms. The highest BCUT2D eigenvalue weighted by Crippen LogP contribution is 2.29. The molecule has 0 aliphatic carbocycles. The first kappa shape index (κ1) is 19.5. The van der Waals surface area contributed by atoms with E-state index >= 15 is 0 Å². The maximum atomic E-state index is 12.4. The van der Waals surface area contributed by atoms with E-state index in [1.54, 1.807) is 18.2 Å². The average molecular weight is 376 g/mol. The summed E-state index contributed by atoms with van der Waals surface area (Å²) in [5, 5.41) is 2.72. The Labute approximate surface area is 152 Å². The van der Waals surface area contributed by atoms with Crippen LogP contribution in [0.1, 0.15) is 10.4 Å². The van der Waals surface area contributed by atoms with Crippen LogP contribution in [0.2, 0.25) is 0 Å². The molecule has 0 saturated carbocycles. The Morgan fingerprint density at radius 3 is 2.38 bits per heavy atom. The smallest absolute Gasteiger partial charge is 0.255 e. The first-order valence-electron chi connectivity index (χ1n) is 7.65. The third-order valence-corrected chi connectivity index (χ3v) is 4.94. The van der Waals surface area contributed by atoms with Gasteiger partial charge in [0.15, 0.2) is 0 Å². The third kappa shape index (κ3) is 4.62. The minimum atomic E-state index is -3.63. The fourth-order valence-electron chi connectivity index (χ4n) is 2.13. The van der Waals surface area contributed by atoms with Gasteiger partial charge < -0.3 is 14.8 Å². The molecule has 2 aromatic rings. The Kier molecular flexibility index (Phi) is 6.37. The SMILES string of the molecule is C=CCNS(=O)(=O)c1ccc(C(=O)Nc2ccc(OC)cc2OC)cc1. The number of hydrogen-bond donors (Lipinski definition) is 2. The zero-order chi connectivity index (χ0) is 19.2. The van der Waals surface area contributed by atoms with Crippen LogP contribution in [0.5, 0.6) is 11.5 Å². The molecule has 138 valence electrons. The maximum absolute atomic E-state index is 12.4. The molecule has 1 amide bonds. The van der Waals surface area contributed by atoms with Crippen LogP contribution in [0, 0.1) is 0 Å². The minimum absolute atomic E-state index is 0.0675. The molecule has 0 heterocycles. The van der Waals surface area contributed by atoms with Gasteiger partial charge in [0.2, 0.25) is 10.0 Å². The summed E-state index contributed by atoms with van der Waals surface area (Å²) >= 11 is 0. The molecule has 0 unspecified atom stereocenters. The standard InChI is InChI=1S/C18H20N2O5S/c1-4-11-19-26(22,23)15-8-5-13(6-9-15)18(21)20-16-10-7-14(24-2)12-17(16)25-3/h4-10,12,19H,1,11H2,2-3H3,(H,20,21). The number of sulfonamides is 1. The zero-order valence-electron chi connectivity index (χ0n) is 14.5. The number of anilines is 1. The second kappa shape index (κ2) is 8.50. The van der Waals surface area contributed by atoms with E-state index < -0.39 is 15.9 Å². The van der Waals surface area contributed by atoms with Gasteiger partial charge in [0.05, 0.1) is 24.8 Å². The van der Waals surface area contributed by atoms with Gasteiger partial charge in [0.1, 0.15) is 11.5 Å². The number of carbonyl (C=O) groups excluding carboxylic acids is 1. The van der Waals surface area contributed by atoms with E-state index in [0.717, 1.165) is 0 Å². The lowest BCUT2D eigenvalue weighted by atomic mass is 10.2. The summed E-state index contributed by atoms with van der Waals surface area (Å²) in [4.78, 5) is 12.5. The molecule has 0 aliphatic rings. The fraction of sp³-hybridized carbons (Fsp3) is 0.167. The number of hydrogen-bond acceptors (Lipinski definition) is 5. The average Bonchev–Trinajstić information content (AvgIpc) is 2.66. The second-order valence-corrected chi connectivity index (χ2v) is 6.95. The summed E-state index contributed by atoms with van der Waals surface area (Å²) in [6.45, 7) is 3.59. The van der Waals surface area contributed by atoms with Gasteiger partial charge in [0, 0.05) is 18.2 Å². The van der Waals surface area contributed by atoms with Gasteiger partial charge in [-0.2, -0.15) is 0 Å². The highest BCUT2D eigenvalue weighted by atomic mass is 32.2. The highest BCUT2D eigenvalue weighted by molar-refractivity contribution is 7.89. The van der Waals surface area contributed by atoms with Gasteiger partial charge in [-0.05, 0) is 36.4 Å². The summed E-state index contributed by atoms with van der Waals surface area (Å²) in [6.07, 6.45) is 1.45. The molecule has 2 N–H and O–H groups in total. The van der Waals surface area contributed by atoms with Crippen molar-refractivity contribution < 1.29 is 22.7 Å². The Morgan fingerprint density at radius 2 is 1.81 bits per heavy atom. The van der Waals surface area contributed by atoms with Crippen LogP contribution in [0.3, 0.4) is 0 Å². The van der Waals surface area contributed by atoms with Gasteiger partial charge in [-0.25, -0.2) is 13.1 Å². The normalized spacial score (nSPS) is 10.8. The number of amides is 1. The Morgan fingerprint density at radius 1 is 1.12 bits per heavy atom. The quantitative estimate of drug-likeness (QED) is 0.690. The van der Waals surface area contributed by atoms with Crippen LogP contribution < -0.4 is 19.5 Å². The number of ether oxygens (including phenoxy) is 2. The number of benzene rings is 2. The summed E-state index contributed by atoms with van der Waals surface area (Å²) in [5.41, 5.74) is 0.785. The fourth-order valence-corrected chi connectivity index (χ4v) is 3.13. The van der Waals surface area contributed by atoms with Crippen molar-refractivity contribution in [3.63, 3.8) is 0 Å². The monoisotopic (exact) mass is 376 g/mol. The molecule has 0 aliphatic heterocycles. The van der Waals surface area contributed by atoms with Crippen molar-refractivity contribution in [2.24, 2.45) is 0 Å². The van der Waals surface area contributed by atoms with Gasteiger partial charge >= 0.3 is 0 Å². The van der Waals surface area contributed by atoms with E-state index in [2.05, 4.69) is 16.6 Å². The van der Waals surface area contributed by atoms with Crippen molar-refractivity contribution in [1.29, 1.82) is 0 Å². The molecule has 0 spiro atoms. The van der Waals surface area contributed by atoms with E-state index in [9.17, 15) is 13.2 Å². The Hall–Kier alpha value is -2.84. The molecule has 0 radical (unpaired) electrons. The van der Waals surface area contributed by atoms with Crippen molar-refractivity contribution in [2.45, 2.75) is 4.90 Å². The lowest BCUT2D eigenvalue weighted by molar-refractivity contribution is 0.102. The molecule has 0 fully saturated rings. The van der Waals surface area contributed by atoms with Crippen LogP contribution >= 0.6 is 0 Å². The topological polar surface area (TPSA) is 93.7 Å². The number of nitrogens with one attached hydrogen (secondary N) is 2. The molecule has 0 saturated heterocycles. The summed E-state index contributed by atoms with van der Waals surface area (Å²) in [6, 6.07) is 10.6. The van der Waals surface area contributed by atoms with Crippen molar-refractivity contribution in [2.75, 3.05) is 26.1 Å². The minimum Gasteiger partial charge on any atom is -0.497 e. The molecule has 2 aromatic carbocycles. The van der Waals surface area contributed by atoms with Crippen molar-refractivity contribution >= 4 is 21.6 Å². The van der Waals surface area contributed by atoms with E-state index in [1.807, 2.05) is 0 Å². The van der Waals surface area contributed by atoms with Crippen molar-refractivity contribution in [1.82, 2.24) is 4.72 Å². The van der Waals surface area contributed by atoms with E-state index in [4.69, 9.17) is 9.47 Å². The van der Waals surface area contributed by atoms with Crippen molar-refractivity contribution in [3.8, 4) is 11.5 Å². The van der Waals surface area contributed by atoms with Gasteiger partial charge in [-0.3, -0.25) is 4.79 Å². The predicted octanol–water partition coefficient (Wildman–Crippen LogP) is 2.42. The molecule has 8 heteroatoms. The zero-order valence-corrected chi connectivity index (χ0v) is 15.3. The van der Waals surface area contributed by atoms with Gasteiger partial charge in [0.25, 0.3) is 5.91 Å². The maximum Gasteiger partial charge on any atom is 0.255 e. The lowest BCUT2D eigenvalue weighted by Gasteiger charge is -2.12. The van der Waals surface area contributed by atoms with Crippen LogP contribution in [0.25, 0.3) is 0 Å². The third-order valence-electron chi connectivity index (χ3n) is 3.50. The first-order valence-corrected chi connectivity index (χ1v) is 9.13.